The molecule has 2 aliphatic heterocycles. The van der Waals surface area contributed by atoms with Crippen LogP contribution in [0.1, 0.15) is 54.0 Å². The van der Waals surface area contributed by atoms with Crippen LogP contribution >= 0.6 is 0 Å². The number of urea groups is 1. The molecule has 2 aliphatic rings. The van der Waals surface area contributed by atoms with Gasteiger partial charge in [-0.25, -0.2) is 4.79 Å². The van der Waals surface area contributed by atoms with Gasteiger partial charge in [0.2, 0.25) is 0 Å². The molecule has 1 aromatic heterocycles. The van der Waals surface area contributed by atoms with E-state index in [1.54, 1.807) is 6.20 Å². The van der Waals surface area contributed by atoms with Gasteiger partial charge in [-0.05, 0) is 67.9 Å². The number of rotatable bonds is 3. The third-order valence-corrected chi connectivity index (χ3v) is 6.30. The lowest BCUT2D eigenvalue weighted by Crippen LogP contribution is -2.50. The van der Waals surface area contributed by atoms with Crippen molar-refractivity contribution in [3.8, 4) is 0 Å². The molecule has 2 saturated heterocycles. The van der Waals surface area contributed by atoms with Crippen LogP contribution in [0.5, 0.6) is 0 Å². The molecular weight excluding hydrogens is 350 g/mol. The van der Waals surface area contributed by atoms with E-state index in [0.717, 1.165) is 56.5 Å². The number of amides is 2. The van der Waals surface area contributed by atoms with Crippen molar-refractivity contribution in [3.05, 3.63) is 65.0 Å². The Morgan fingerprint density at radius 1 is 1.14 bits per heavy atom. The second-order valence-electron chi connectivity index (χ2n) is 8.13. The molecular formula is C23H29N3O2. The molecule has 0 saturated carbocycles. The van der Waals surface area contributed by atoms with Crippen LogP contribution in [0, 0.1) is 13.8 Å². The highest BCUT2D eigenvalue weighted by Gasteiger charge is 2.39. The third-order valence-electron chi connectivity index (χ3n) is 6.30. The molecule has 0 aliphatic carbocycles. The fraction of sp³-hybridized carbons (Fsp3) is 0.478. The monoisotopic (exact) mass is 379 g/mol. The minimum absolute atomic E-state index is 0.0140. The predicted octanol–water partition coefficient (Wildman–Crippen LogP) is 4.14. The second-order valence-corrected chi connectivity index (χ2v) is 8.13. The fourth-order valence-electron chi connectivity index (χ4n) is 4.33. The maximum atomic E-state index is 13.1. The van der Waals surface area contributed by atoms with E-state index >= 15 is 0 Å². The lowest BCUT2D eigenvalue weighted by molar-refractivity contribution is -0.0362. The Morgan fingerprint density at radius 2 is 1.96 bits per heavy atom. The first kappa shape index (κ1) is 18.9. The highest BCUT2D eigenvalue weighted by molar-refractivity contribution is 5.75. The lowest BCUT2D eigenvalue weighted by atomic mass is 9.89. The van der Waals surface area contributed by atoms with Gasteiger partial charge in [-0.2, -0.15) is 0 Å². The number of hydrogen-bond donors (Lipinski definition) is 1. The molecule has 2 aromatic rings. The van der Waals surface area contributed by atoms with Gasteiger partial charge in [0, 0.05) is 32.1 Å². The molecule has 28 heavy (non-hydrogen) atoms. The molecule has 0 unspecified atom stereocenters. The number of nitrogens with one attached hydrogen (secondary N) is 1. The van der Waals surface area contributed by atoms with Gasteiger partial charge in [0.1, 0.15) is 0 Å². The molecule has 148 valence electrons. The molecule has 1 N–H and O–H groups in total. The summed E-state index contributed by atoms with van der Waals surface area (Å²) in [5.74, 6) is 0. The van der Waals surface area contributed by atoms with Crippen LogP contribution in [0.15, 0.2) is 42.7 Å². The number of ether oxygens (including phenoxy) is 1. The quantitative estimate of drug-likeness (QED) is 0.872. The Balaban J connectivity index is 1.51. The smallest absolute Gasteiger partial charge is 0.318 e. The first-order valence-electron chi connectivity index (χ1n) is 10.2. The standard InChI is InChI=1S/C23H29N3O2/c1-17-6-7-19(15-18(17)2)21(20-5-3-11-24-16-20)25-22(27)26-12-9-23(10-13-26)8-4-14-28-23/h3,5-7,11,15-16,21H,4,8-10,12-14H2,1-2H3,(H,25,27)/t21-/m1/s1. The van der Waals surface area contributed by atoms with Gasteiger partial charge in [-0.1, -0.05) is 24.3 Å². The van der Waals surface area contributed by atoms with Gasteiger partial charge in [-0.3, -0.25) is 4.98 Å². The Labute approximate surface area is 167 Å². The number of carbonyl (C=O) groups is 1. The average Bonchev–Trinajstić information content (AvgIpc) is 3.17. The summed E-state index contributed by atoms with van der Waals surface area (Å²) in [6.45, 7) is 6.57. The van der Waals surface area contributed by atoms with Crippen LogP contribution in [0.25, 0.3) is 0 Å². The van der Waals surface area contributed by atoms with E-state index in [2.05, 4.69) is 42.3 Å². The molecule has 0 radical (unpaired) electrons. The third kappa shape index (κ3) is 3.90. The number of aryl methyl sites for hydroxylation is 2. The Hall–Kier alpha value is -2.40. The van der Waals surface area contributed by atoms with Gasteiger partial charge in [-0.15, -0.1) is 0 Å². The van der Waals surface area contributed by atoms with Crippen LogP contribution in [-0.2, 0) is 4.74 Å². The summed E-state index contributed by atoms with van der Waals surface area (Å²) in [5, 5.41) is 3.25. The minimum Gasteiger partial charge on any atom is -0.375 e. The molecule has 2 fully saturated rings. The fourth-order valence-corrected chi connectivity index (χ4v) is 4.33. The van der Waals surface area contributed by atoms with E-state index in [4.69, 9.17) is 4.74 Å². The topological polar surface area (TPSA) is 54.5 Å². The molecule has 4 rings (SSSR count). The average molecular weight is 380 g/mol. The number of piperidine rings is 1. The molecule has 5 nitrogen and oxygen atoms in total. The summed E-state index contributed by atoms with van der Waals surface area (Å²) in [6.07, 6.45) is 7.72. The minimum atomic E-state index is -0.209. The van der Waals surface area contributed by atoms with Crippen molar-refractivity contribution in [2.45, 2.75) is 51.2 Å². The molecule has 0 bridgehead atoms. The summed E-state index contributed by atoms with van der Waals surface area (Å²) in [6, 6.07) is 10.1. The van der Waals surface area contributed by atoms with E-state index < -0.39 is 0 Å². The molecule has 2 amide bonds. The lowest BCUT2D eigenvalue weighted by Gasteiger charge is -2.39. The van der Waals surface area contributed by atoms with Crippen molar-refractivity contribution in [2.75, 3.05) is 19.7 Å². The largest absolute Gasteiger partial charge is 0.375 e. The summed E-state index contributed by atoms with van der Waals surface area (Å²) in [5.41, 5.74) is 4.56. The van der Waals surface area contributed by atoms with E-state index in [0.29, 0.717) is 0 Å². The van der Waals surface area contributed by atoms with Gasteiger partial charge in [0.05, 0.1) is 11.6 Å². The highest BCUT2D eigenvalue weighted by atomic mass is 16.5. The number of carbonyl (C=O) groups excluding carboxylic acids is 1. The SMILES string of the molecule is Cc1ccc([C@@H](NC(=O)N2CCC3(CCCO3)CC2)c2cccnc2)cc1C. The number of likely N-dealkylation sites (tertiary alicyclic amines) is 1. The second kappa shape index (κ2) is 7.92. The first-order valence-corrected chi connectivity index (χ1v) is 10.2. The van der Waals surface area contributed by atoms with Crippen molar-refractivity contribution >= 4 is 6.03 Å². The zero-order valence-corrected chi connectivity index (χ0v) is 16.8. The van der Waals surface area contributed by atoms with Crippen molar-refractivity contribution in [1.29, 1.82) is 0 Å². The summed E-state index contributed by atoms with van der Waals surface area (Å²) >= 11 is 0. The number of nitrogens with zero attached hydrogens (tertiary/aromatic N) is 2. The molecule has 1 aromatic carbocycles. The van der Waals surface area contributed by atoms with E-state index in [9.17, 15) is 4.79 Å². The highest BCUT2D eigenvalue weighted by Crippen LogP contribution is 2.35. The van der Waals surface area contributed by atoms with Crippen LogP contribution in [0.2, 0.25) is 0 Å². The van der Waals surface area contributed by atoms with Crippen LogP contribution in [-0.4, -0.2) is 41.2 Å². The van der Waals surface area contributed by atoms with Crippen molar-refractivity contribution in [2.24, 2.45) is 0 Å². The van der Waals surface area contributed by atoms with Gasteiger partial charge >= 0.3 is 6.03 Å². The molecule has 5 heteroatoms. The van der Waals surface area contributed by atoms with Crippen molar-refractivity contribution < 1.29 is 9.53 Å². The number of aromatic nitrogens is 1. The Kier molecular flexibility index (Phi) is 5.36. The van der Waals surface area contributed by atoms with E-state index in [-0.39, 0.29) is 17.7 Å². The van der Waals surface area contributed by atoms with Crippen LogP contribution in [0.3, 0.4) is 0 Å². The maximum Gasteiger partial charge on any atom is 0.318 e. The van der Waals surface area contributed by atoms with Crippen molar-refractivity contribution in [3.63, 3.8) is 0 Å². The summed E-state index contributed by atoms with van der Waals surface area (Å²) in [7, 11) is 0. The Morgan fingerprint density at radius 3 is 2.61 bits per heavy atom. The first-order chi connectivity index (χ1) is 13.6. The zero-order valence-electron chi connectivity index (χ0n) is 16.8. The van der Waals surface area contributed by atoms with Crippen LogP contribution in [0.4, 0.5) is 4.79 Å². The maximum absolute atomic E-state index is 13.1. The van der Waals surface area contributed by atoms with Gasteiger partial charge in [0.25, 0.3) is 0 Å². The van der Waals surface area contributed by atoms with Gasteiger partial charge < -0.3 is 15.0 Å². The Bertz CT molecular complexity index is 821. The summed E-state index contributed by atoms with van der Waals surface area (Å²) in [4.78, 5) is 19.2. The zero-order chi connectivity index (χ0) is 19.6. The van der Waals surface area contributed by atoms with Crippen LogP contribution < -0.4 is 5.32 Å². The molecule has 3 heterocycles. The predicted molar refractivity (Wildman–Crippen MR) is 109 cm³/mol. The van der Waals surface area contributed by atoms with E-state index in [1.165, 1.54) is 11.1 Å². The summed E-state index contributed by atoms with van der Waals surface area (Å²) < 4.78 is 5.99. The van der Waals surface area contributed by atoms with Crippen molar-refractivity contribution in [1.82, 2.24) is 15.2 Å². The normalized spacial score (nSPS) is 19.6. The molecule has 1 spiro atoms. The molecule has 1 atom stereocenters. The number of benzene rings is 1. The number of hydrogen-bond acceptors (Lipinski definition) is 3. The van der Waals surface area contributed by atoms with Gasteiger partial charge in [0.15, 0.2) is 0 Å². The van der Waals surface area contributed by atoms with E-state index in [1.807, 2.05) is 23.2 Å². The number of pyridine rings is 1.